The Morgan fingerprint density at radius 3 is 2.49 bits per heavy atom. The Bertz CT molecular complexity index is 1220. The van der Waals surface area contributed by atoms with Gasteiger partial charge in [0.1, 0.15) is 23.6 Å². The van der Waals surface area contributed by atoms with Gasteiger partial charge in [-0.15, -0.1) is 0 Å². The second-order valence-corrected chi connectivity index (χ2v) is 9.01. The van der Waals surface area contributed by atoms with E-state index in [1.807, 2.05) is 5.32 Å². The van der Waals surface area contributed by atoms with E-state index in [1.54, 1.807) is 0 Å². The van der Waals surface area contributed by atoms with Crippen molar-refractivity contribution in [2.24, 2.45) is 0 Å². The number of anilines is 1. The summed E-state index contributed by atoms with van der Waals surface area (Å²) >= 11 is 0. The van der Waals surface area contributed by atoms with Crippen molar-refractivity contribution in [3.63, 3.8) is 0 Å². The number of nitrogens with zero attached hydrogens (tertiary/aromatic N) is 4. The van der Waals surface area contributed by atoms with Gasteiger partial charge < -0.3 is 25.6 Å². The molecule has 2 aromatic heterocycles. The second-order valence-electron chi connectivity index (χ2n) is 9.01. The SMILES string of the molecule is Cc1nonc1C(=O)N[C@@H](COC(C)(C)C(F)(F)F)C(=O)Nc1cc(CN2C[C@@H](C(F)(F)F)NC2=O)ccn1. The molecule has 18 heteroatoms. The summed E-state index contributed by atoms with van der Waals surface area (Å²) in [5, 5.41) is 13.1. The van der Waals surface area contributed by atoms with Gasteiger partial charge in [-0.3, -0.25) is 9.59 Å². The maximum Gasteiger partial charge on any atom is 0.416 e. The van der Waals surface area contributed by atoms with Crippen molar-refractivity contribution in [2.75, 3.05) is 18.5 Å². The average molecular weight is 567 g/mol. The number of hydrogen-bond acceptors (Lipinski definition) is 8. The fourth-order valence-corrected chi connectivity index (χ4v) is 3.21. The van der Waals surface area contributed by atoms with E-state index in [0.717, 1.165) is 18.7 Å². The van der Waals surface area contributed by atoms with Gasteiger partial charge in [-0.2, -0.15) is 26.3 Å². The van der Waals surface area contributed by atoms with E-state index in [9.17, 15) is 40.7 Å². The molecule has 39 heavy (non-hydrogen) atoms. The lowest BCUT2D eigenvalue weighted by molar-refractivity contribution is -0.264. The zero-order chi connectivity index (χ0) is 29.2. The van der Waals surface area contributed by atoms with Gasteiger partial charge >= 0.3 is 18.4 Å². The predicted octanol–water partition coefficient (Wildman–Crippen LogP) is 2.32. The molecular formula is C21H23F6N7O5. The van der Waals surface area contributed by atoms with Gasteiger partial charge in [-0.1, -0.05) is 5.16 Å². The number of ether oxygens (including phenoxy) is 1. The molecule has 1 aliphatic heterocycles. The highest BCUT2D eigenvalue weighted by Gasteiger charge is 2.49. The molecule has 12 nitrogen and oxygen atoms in total. The highest BCUT2D eigenvalue weighted by atomic mass is 19.4. The van der Waals surface area contributed by atoms with Crippen LogP contribution in [0.3, 0.4) is 0 Å². The zero-order valence-corrected chi connectivity index (χ0v) is 20.6. The number of urea groups is 1. The van der Waals surface area contributed by atoms with Crippen molar-refractivity contribution in [1.29, 1.82) is 0 Å². The maximum absolute atomic E-state index is 13.3. The van der Waals surface area contributed by atoms with Crippen molar-refractivity contribution < 1.29 is 50.1 Å². The third-order valence-electron chi connectivity index (χ3n) is 5.62. The topological polar surface area (TPSA) is 152 Å². The number of aryl methyl sites for hydroxylation is 1. The summed E-state index contributed by atoms with van der Waals surface area (Å²) in [5.41, 5.74) is -2.65. The summed E-state index contributed by atoms with van der Waals surface area (Å²) in [6.45, 7) is 1.03. The fraction of sp³-hybridized carbons (Fsp3) is 0.524. The summed E-state index contributed by atoms with van der Waals surface area (Å²) in [6.07, 6.45) is -8.24. The third kappa shape index (κ3) is 7.33. The number of rotatable bonds is 9. The van der Waals surface area contributed by atoms with Gasteiger partial charge in [0.25, 0.3) is 11.8 Å². The van der Waals surface area contributed by atoms with E-state index in [2.05, 4.69) is 30.6 Å². The first-order chi connectivity index (χ1) is 18.0. The molecule has 3 heterocycles. The highest BCUT2D eigenvalue weighted by Crippen LogP contribution is 2.33. The van der Waals surface area contributed by atoms with Crippen LogP contribution < -0.4 is 16.0 Å². The van der Waals surface area contributed by atoms with E-state index in [4.69, 9.17) is 4.74 Å². The van der Waals surface area contributed by atoms with E-state index in [-0.39, 0.29) is 29.3 Å². The smallest absolute Gasteiger partial charge is 0.363 e. The Labute approximate surface area is 216 Å². The monoisotopic (exact) mass is 567 g/mol. The molecule has 3 rings (SSSR count). The van der Waals surface area contributed by atoms with E-state index in [1.165, 1.54) is 25.3 Å². The number of carbonyl (C=O) groups is 3. The lowest BCUT2D eigenvalue weighted by Crippen LogP contribution is -2.51. The summed E-state index contributed by atoms with van der Waals surface area (Å²) in [4.78, 5) is 42.2. The zero-order valence-electron chi connectivity index (χ0n) is 20.6. The van der Waals surface area contributed by atoms with Crippen LogP contribution in [0.5, 0.6) is 0 Å². The molecule has 2 aromatic rings. The summed E-state index contributed by atoms with van der Waals surface area (Å²) < 4.78 is 87.8. The van der Waals surface area contributed by atoms with E-state index >= 15 is 0 Å². The van der Waals surface area contributed by atoms with E-state index < -0.39 is 61.0 Å². The third-order valence-corrected chi connectivity index (χ3v) is 5.62. The second kappa shape index (κ2) is 11.0. The first-order valence-corrected chi connectivity index (χ1v) is 11.2. The summed E-state index contributed by atoms with van der Waals surface area (Å²) in [6, 6.07) is -2.03. The number of nitrogens with one attached hydrogen (secondary N) is 3. The lowest BCUT2D eigenvalue weighted by Gasteiger charge is -2.30. The van der Waals surface area contributed by atoms with Crippen molar-refractivity contribution in [1.82, 2.24) is 30.8 Å². The van der Waals surface area contributed by atoms with Gasteiger partial charge in [0.2, 0.25) is 0 Å². The molecule has 1 saturated heterocycles. The van der Waals surface area contributed by atoms with Crippen LogP contribution in [0.4, 0.5) is 37.0 Å². The van der Waals surface area contributed by atoms with Crippen LogP contribution in [0.25, 0.3) is 0 Å². The highest BCUT2D eigenvalue weighted by molar-refractivity contribution is 6.00. The molecule has 0 saturated carbocycles. The normalized spacial score (nSPS) is 17.1. The van der Waals surface area contributed by atoms with Gasteiger partial charge in [0.05, 0.1) is 13.2 Å². The number of hydrogen-bond donors (Lipinski definition) is 3. The summed E-state index contributed by atoms with van der Waals surface area (Å²) in [7, 11) is 0. The average Bonchev–Trinajstić information content (AvgIpc) is 3.41. The van der Waals surface area contributed by atoms with Crippen LogP contribution in [0.2, 0.25) is 0 Å². The molecule has 0 aromatic carbocycles. The van der Waals surface area contributed by atoms with Crippen LogP contribution >= 0.6 is 0 Å². The van der Waals surface area contributed by atoms with Gasteiger partial charge in [0.15, 0.2) is 11.3 Å². The summed E-state index contributed by atoms with van der Waals surface area (Å²) in [5.74, 6) is -2.17. The van der Waals surface area contributed by atoms with Crippen LogP contribution in [-0.4, -0.2) is 81.2 Å². The molecule has 0 bridgehead atoms. The molecule has 0 aliphatic carbocycles. The Balaban J connectivity index is 1.73. The molecule has 4 amide bonds. The van der Waals surface area contributed by atoms with Crippen LogP contribution in [0, 0.1) is 6.92 Å². The molecule has 0 spiro atoms. The number of aromatic nitrogens is 3. The number of carbonyl (C=O) groups excluding carboxylic acids is 3. The molecule has 0 unspecified atom stereocenters. The van der Waals surface area contributed by atoms with Crippen LogP contribution in [0.15, 0.2) is 23.0 Å². The quantitative estimate of drug-likeness (QED) is 0.391. The van der Waals surface area contributed by atoms with E-state index in [0.29, 0.717) is 0 Å². The predicted molar refractivity (Wildman–Crippen MR) is 118 cm³/mol. The molecule has 214 valence electrons. The van der Waals surface area contributed by atoms with Crippen LogP contribution in [-0.2, 0) is 16.1 Å². The largest absolute Gasteiger partial charge is 0.416 e. The van der Waals surface area contributed by atoms with Gasteiger partial charge in [0, 0.05) is 12.7 Å². The van der Waals surface area contributed by atoms with Gasteiger partial charge in [-0.25, -0.2) is 14.4 Å². The first-order valence-electron chi connectivity index (χ1n) is 11.2. The standard InChI is InChI=1S/C21H23F6N7O5/c1-10-15(33-39-32-10)17(36)29-12(9-38-19(2,3)21(25,26)27)16(35)31-14-6-11(4-5-28-14)7-34-8-13(20(22,23)24)30-18(34)37/h4-6,12-13H,7-9H2,1-3H3,(H,29,36)(H,30,37)(H,28,31,35)/t12-,13-/m0/s1. The van der Waals surface area contributed by atoms with Crippen LogP contribution in [0.1, 0.15) is 35.6 Å². The van der Waals surface area contributed by atoms with Crippen molar-refractivity contribution in [3.05, 3.63) is 35.3 Å². The minimum atomic E-state index is -4.80. The van der Waals surface area contributed by atoms with Crippen molar-refractivity contribution in [2.45, 2.75) is 57.4 Å². The molecular weight excluding hydrogens is 544 g/mol. The number of amides is 4. The molecule has 2 atom stereocenters. The Morgan fingerprint density at radius 2 is 1.92 bits per heavy atom. The fourth-order valence-electron chi connectivity index (χ4n) is 3.21. The molecule has 0 radical (unpaired) electrons. The Morgan fingerprint density at radius 1 is 1.23 bits per heavy atom. The molecule has 1 fully saturated rings. The number of pyridine rings is 1. The maximum atomic E-state index is 13.3. The molecule has 1 aliphatic rings. The minimum absolute atomic E-state index is 0.0521. The molecule has 3 N–H and O–H groups in total. The van der Waals surface area contributed by atoms with Crippen molar-refractivity contribution >= 4 is 23.7 Å². The lowest BCUT2D eigenvalue weighted by atomic mass is 10.1. The number of alkyl halides is 6. The Hall–Kier alpha value is -3.96. The van der Waals surface area contributed by atoms with Gasteiger partial charge in [-0.05, 0) is 43.6 Å². The Kier molecular flexibility index (Phi) is 8.37. The first kappa shape index (κ1) is 29.6. The number of halogens is 6. The minimum Gasteiger partial charge on any atom is -0.363 e. The van der Waals surface area contributed by atoms with Crippen molar-refractivity contribution in [3.8, 4) is 0 Å².